The topological polar surface area (TPSA) is 35.5 Å². The molecule has 2 aromatic carbocycles. The summed E-state index contributed by atoms with van der Waals surface area (Å²) in [4.78, 5) is 12.3. The average Bonchev–Trinajstić information content (AvgIpc) is 2.85. The van der Waals surface area contributed by atoms with Gasteiger partial charge in [0.05, 0.1) is 24.7 Å². The standard InChI is InChI=1S/C28H35F5O3/c1-3-5-7-8-10-22(28(31,32)33)17-19-36-27(34)21-13-11-20(12-14-21)23-15-16-24(26(30)25(23)29)35-18-9-6-4-2/h11-16,22H,3-10,17-19H2,1-2H3. The quantitative estimate of drug-likeness (QED) is 0.135. The summed E-state index contributed by atoms with van der Waals surface area (Å²) in [5, 5.41) is 0. The highest BCUT2D eigenvalue weighted by atomic mass is 19.4. The van der Waals surface area contributed by atoms with E-state index in [1.54, 1.807) is 0 Å². The maximum Gasteiger partial charge on any atom is 0.391 e. The van der Waals surface area contributed by atoms with E-state index in [0.29, 0.717) is 18.6 Å². The van der Waals surface area contributed by atoms with E-state index in [9.17, 15) is 26.7 Å². The maximum atomic E-state index is 14.6. The smallest absolute Gasteiger partial charge is 0.391 e. The van der Waals surface area contributed by atoms with Gasteiger partial charge in [0.2, 0.25) is 5.82 Å². The third-order valence-electron chi connectivity index (χ3n) is 6.05. The van der Waals surface area contributed by atoms with Crippen LogP contribution in [0.15, 0.2) is 36.4 Å². The number of rotatable bonds is 15. The SMILES string of the molecule is CCCCCCC(CCOC(=O)c1ccc(-c2ccc(OCCCCC)c(F)c2F)cc1)C(F)(F)F. The Bertz CT molecular complexity index is 941. The van der Waals surface area contributed by atoms with E-state index in [4.69, 9.17) is 9.47 Å². The fourth-order valence-electron chi connectivity index (χ4n) is 3.85. The highest BCUT2D eigenvalue weighted by Gasteiger charge is 2.38. The first kappa shape index (κ1) is 29.6. The molecule has 0 bridgehead atoms. The van der Waals surface area contributed by atoms with Crippen LogP contribution in [0.3, 0.4) is 0 Å². The van der Waals surface area contributed by atoms with Crippen LogP contribution in [0.4, 0.5) is 22.0 Å². The lowest BCUT2D eigenvalue weighted by molar-refractivity contribution is -0.180. The number of esters is 1. The first-order valence-corrected chi connectivity index (χ1v) is 12.6. The molecule has 0 aliphatic heterocycles. The van der Waals surface area contributed by atoms with Crippen LogP contribution in [0.2, 0.25) is 0 Å². The molecular formula is C28H35F5O3. The summed E-state index contributed by atoms with van der Waals surface area (Å²) in [6.45, 7) is 3.96. The number of halogens is 5. The van der Waals surface area contributed by atoms with Crippen LogP contribution in [0.1, 0.15) is 82.0 Å². The van der Waals surface area contributed by atoms with Crippen LogP contribution in [-0.4, -0.2) is 25.4 Å². The van der Waals surface area contributed by atoms with Crippen molar-refractivity contribution >= 4 is 5.97 Å². The number of ether oxygens (including phenoxy) is 2. The second-order valence-corrected chi connectivity index (χ2v) is 8.88. The van der Waals surface area contributed by atoms with Gasteiger partial charge in [0.15, 0.2) is 11.6 Å². The fraction of sp³-hybridized carbons (Fsp3) is 0.536. The largest absolute Gasteiger partial charge is 0.490 e. The molecule has 0 saturated heterocycles. The zero-order chi connectivity index (χ0) is 26.6. The summed E-state index contributed by atoms with van der Waals surface area (Å²) < 4.78 is 79.2. The maximum absolute atomic E-state index is 14.6. The van der Waals surface area contributed by atoms with Gasteiger partial charge in [-0.2, -0.15) is 17.6 Å². The number of benzene rings is 2. The summed E-state index contributed by atoms with van der Waals surface area (Å²) in [6, 6.07) is 8.37. The van der Waals surface area contributed by atoms with Crippen molar-refractivity contribution in [1.82, 2.24) is 0 Å². The van der Waals surface area contributed by atoms with E-state index >= 15 is 0 Å². The first-order chi connectivity index (χ1) is 17.2. The summed E-state index contributed by atoms with van der Waals surface area (Å²) >= 11 is 0. The zero-order valence-electron chi connectivity index (χ0n) is 20.9. The molecule has 8 heteroatoms. The van der Waals surface area contributed by atoms with Crippen molar-refractivity contribution in [2.24, 2.45) is 5.92 Å². The Morgan fingerprint density at radius 1 is 0.806 bits per heavy atom. The zero-order valence-corrected chi connectivity index (χ0v) is 20.9. The fourth-order valence-corrected chi connectivity index (χ4v) is 3.85. The Labute approximate surface area is 210 Å². The van der Waals surface area contributed by atoms with E-state index in [0.717, 1.165) is 38.5 Å². The minimum absolute atomic E-state index is 0.00409. The van der Waals surface area contributed by atoms with E-state index in [2.05, 4.69) is 0 Å². The second kappa shape index (κ2) is 14.8. The van der Waals surface area contributed by atoms with E-state index in [-0.39, 0.29) is 36.3 Å². The molecule has 200 valence electrons. The van der Waals surface area contributed by atoms with Gasteiger partial charge in [-0.15, -0.1) is 0 Å². The molecular weight excluding hydrogens is 479 g/mol. The van der Waals surface area contributed by atoms with Gasteiger partial charge in [-0.1, -0.05) is 64.5 Å². The van der Waals surface area contributed by atoms with Gasteiger partial charge in [-0.25, -0.2) is 9.18 Å². The van der Waals surface area contributed by atoms with Gasteiger partial charge in [0.1, 0.15) is 0 Å². The Morgan fingerprint density at radius 2 is 1.47 bits per heavy atom. The predicted octanol–water partition coefficient (Wildman–Crippen LogP) is 8.90. The van der Waals surface area contributed by atoms with Gasteiger partial charge in [0.25, 0.3) is 0 Å². The molecule has 0 radical (unpaired) electrons. The first-order valence-electron chi connectivity index (χ1n) is 12.6. The number of unbranched alkanes of at least 4 members (excludes halogenated alkanes) is 5. The number of alkyl halides is 3. The van der Waals surface area contributed by atoms with Crippen LogP contribution in [0.25, 0.3) is 11.1 Å². The molecule has 0 aromatic heterocycles. The van der Waals surface area contributed by atoms with Crippen molar-refractivity contribution in [2.75, 3.05) is 13.2 Å². The second-order valence-electron chi connectivity index (χ2n) is 8.88. The molecule has 1 unspecified atom stereocenters. The molecule has 1 atom stereocenters. The number of hydrogen-bond acceptors (Lipinski definition) is 3. The molecule has 0 heterocycles. The summed E-state index contributed by atoms with van der Waals surface area (Å²) in [5.41, 5.74) is 0.455. The lowest BCUT2D eigenvalue weighted by Crippen LogP contribution is -2.25. The van der Waals surface area contributed by atoms with Crippen LogP contribution >= 0.6 is 0 Å². The lowest BCUT2D eigenvalue weighted by Gasteiger charge is -2.20. The Morgan fingerprint density at radius 3 is 2.11 bits per heavy atom. The van der Waals surface area contributed by atoms with Gasteiger partial charge in [-0.05, 0) is 49.1 Å². The number of carbonyl (C=O) groups excluding carboxylic acids is 1. The van der Waals surface area contributed by atoms with Crippen molar-refractivity contribution in [3.05, 3.63) is 53.6 Å². The van der Waals surface area contributed by atoms with Crippen LogP contribution < -0.4 is 4.74 Å². The highest BCUT2D eigenvalue weighted by molar-refractivity contribution is 5.90. The molecule has 0 fully saturated rings. The lowest BCUT2D eigenvalue weighted by atomic mass is 9.97. The predicted molar refractivity (Wildman–Crippen MR) is 130 cm³/mol. The van der Waals surface area contributed by atoms with E-state index < -0.39 is 29.7 Å². The van der Waals surface area contributed by atoms with Crippen molar-refractivity contribution in [3.8, 4) is 16.9 Å². The van der Waals surface area contributed by atoms with Crippen LogP contribution in [-0.2, 0) is 4.74 Å². The molecule has 0 aliphatic rings. The summed E-state index contributed by atoms with van der Waals surface area (Å²) in [7, 11) is 0. The molecule has 0 aliphatic carbocycles. The van der Waals surface area contributed by atoms with Crippen LogP contribution in [0.5, 0.6) is 5.75 Å². The number of hydrogen-bond donors (Lipinski definition) is 0. The Balaban J connectivity index is 1.95. The van der Waals surface area contributed by atoms with Gasteiger partial charge >= 0.3 is 12.1 Å². The van der Waals surface area contributed by atoms with E-state index in [1.807, 2.05) is 13.8 Å². The van der Waals surface area contributed by atoms with Crippen molar-refractivity contribution < 1.29 is 36.2 Å². The molecule has 0 N–H and O–H groups in total. The molecule has 2 aromatic rings. The number of carbonyl (C=O) groups is 1. The third kappa shape index (κ3) is 9.10. The van der Waals surface area contributed by atoms with Crippen molar-refractivity contribution in [1.29, 1.82) is 0 Å². The highest BCUT2D eigenvalue weighted by Crippen LogP contribution is 2.33. The monoisotopic (exact) mass is 514 g/mol. The Hall–Kier alpha value is -2.64. The normalized spacial score (nSPS) is 12.4. The summed E-state index contributed by atoms with van der Waals surface area (Å²) in [6.07, 6.45) is 1.09. The molecule has 0 saturated carbocycles. The molecule has 0 spiro atoms. The van der Waals surface area contributed by atoms with Crippen molar-refractivity contribution in [2.45, 2.75) is 77.8 Å². The summed E-state index contributed by atoms with van der Waals surface area (Å²) in [5.74, 6) is -4.58. The minimum Gasteiger partial charge on any atom is -0.490 e. The Kier molecular flexibility index (Phi) is 12.2. The third-order valence-corrected chi connectivity index (χ3v) is 6.05. The van der Waals surface area contributed by atoms with Crippen molar-refractivity contribution in [3.63, 3.8) is 0 Å². The van der Waals surface area contributed by atoms with E-state index in [1.165, 1.54) is 36.4 Å². The minimum atomic E-state index is -4.34. The molecule has 0 amide bonds. The van der Waals surface area contributed by atoms with Gasteiger partial charge in [0, 0.05) is 5.56 Å². The molecule has 3 nitrogen and oxygen atoms in total. The molecule has 2 rings (SSSR count). The molecule has 36 heavy (non-hydrogen) atoms. The van der Waals surface area contributed by atoms with Gasteiger partial charge in [-0.3, -0.25) is 0 Å². The van der Waals surface area contributed by atoms with Gasteiger partial charge < -0.3 is 9.47 Å². The van der Waals surface area contributed by atoms with Crippen LogP contribution in [0, 0.1) is 17.6 Å². The average molecular weight is 515 g/mol.